The second kappa shape index (κ2) is 6.55. The molecule has 0 saturated carbocycles. The van der Waals surface area contributed by atoms with E-state index in [1.807, 2.05) is 41.1 Å². The molecule has 3 heterocycles. The molecule has 0 aliphatic carbocycles. The Balaban J connectivity index is 1.54. The van der Waals surface area contributed by atoms with E-state index in [0.29, 0.717) is 5.69 Å². The van der Waals surface area contributed by atoms with Crippen molar-refractivity contribution in [1.82, 2.24) is 9.38 Å². The molecule has 1 aromatic carbocycles. The normalized spacial score (nSPS) is 14.2. The smallest absolute Gasteiger partial charge is 0.230 e. The lowest BCUT2D eigenvalue weighted by molar-refractivity contribution is -0.115. The van der Waals surface area contributed by atoms with Crippen LogP contribution >= 0.6 is 0 Å². The van der Waals surface area contributed by atoms with Gasteiger partial charge in [0.15, 0.2) is 0 Å². The number of fused-ring (bicyclic) bond motifs is 1. The van der Waals surface area contributed by atoms with Crippen LogP contribution in [-0.4, -0.2) is 28.4 Å². The van der Waals surface area contributed by atoms with Crippen LogP contribution in [0.1, 0.15) is 18.5 Å². The Morgan fingerprint density at radius 3 is 2.80 bits per heavy atom. The molecule has 0 radical (unpaired) electrons. The number of aromatic nitrogens is 2. The predicted molar refractivity (Wildman–Crippen MR) is 95.4 cm³/mol. The Morgan fingerprint density at radius 1 is 1.16 bits per heavy atom. The summed E-state index contributed by atoms with van der Waals surface area (Å²) in [4.78, 5) is 19.0. The summed E-state index contributed by atoms with van der Waals surface area (Å²) in [7, 11) is 0. The topological polar surface area (TPSA) is 49.6 Å². The van der Waals surface area contributed by atoms with Crippen molar-refractivity contribution in [3.05, 3.63) is 60.3 Å². The first-order valence-electron chi connectivity index (χ1n) is 8.46. The summed E-state index contributed by atoms with van der Waals surface area (Å²) in [6.07, 6.45) is 5.98. The fraction of sp³-hybridized carbons (Fsp3) is 0.263. The molecule has 1 fully saturated rings. The van der Waals surface area contributed by atoms with Gasteiger partial charge in [-0.3, -0.25) is 4.79 Å². The molecule has 25 heavy (non-hydrogen) atoms. The molecule has 0 bridgehead atoms. The van der Waals surface area contributed by atoms with E-state index in [9.17, 15) is 9.18 Å². The minimum absolute atomic E-state index is 0.107. The number of anilines is 2. The number of imidazole rings is 1. The van der Waals surface area contributed by atoms with E-state index < -0.39 is 5.82 Å². The molecule has 5 nitrogen and oxygen atoms in total. The van der Waals surface area contributed by atoms with Gasteiger partial charge in [-0.05, 0) is 37.1 Å². The molecule has 4 rings (SSSR count). The second-order valence-corrected chi connectivity index (χ2v) is 6.25. The number of carbonyl (C=O) groups is 1. The number of halogens is 1. The molecule has 1 aliphatic heterocycles. The average Bonchev–Trinajstić information content (AvgIpc) is 3.25. The standard InChI is InChI=1S/C19H19FN4O/c20-15-6-5-7-16(23-9-3-4-10-23)19(15)22-18(25)12-14-13-24-11-2-1-8-17(24)21-14/h1-2,5-8,11,13H,3-4,9-10,12H2,(H,22,25). The Morgan fingerprint density at radius 2 is 2.00 bits per heavy atom. The average molecular weight is 338 g/mol. The Labute approximate surface area is 145 Å². The first kappa shape index (κ1) is 15.6. The van der Waals surface area contributed by atoms with Gasteiger partial charge >= 0.3 is 0 Å². The molecule has 0 unspecified atom stereocenters. The number of carbonyl (C=O) groups excluding carboxylic acids is 1. The van der Waals surface area contributed by atoms with Gasteiger partial charge < -0.3 is 14.6 Å². The summed E-state index contributed by atoms with van der Waals surface area (Å²) in [6, 6.07) is 10.6. The highest BCUT2D eigenvalue weighted by Crippen LogP contribution is 2.31. The molecule has 128 valence electrons. The van der Waals surface area contributed by atoms with E-state index in [-0.39, 0.29) is 18.0 Å². The summed E-state index contributed by atoms with van der Waals surface area (Å²) in [5, 5.41) is 2.74. The summed E-state index contributed by atoms with van der Waals surface area (Å²) >= 11 is 0. The third kappa shape index (κ3) is 3.20. The van der Waals surface area contributed by atoms with E-state index in [1.165, 1.54) is 6.07 Å². The zero-order valence-corrected chi connectivity index (χ0v) is 13.8. The highest BCUT2D eigenvalue weighted by Gasteiger charge is 2.20. The third-order valence-corrected chi connectivity index (χ3v) is 4.46. The lowest BCUT2D eigenvalue weighted by Gasteiger charge is -2.21. The summed E-state index contributed by atoms with van der Waals surface area (Å²) in [5.41, 5.74) is 2.45. The van der Waals surface area contributed by atoms with E-state index in [1.54, 1.807) is 6.07 Å². The number of hydrogen-bond acceptors (Lipinski definition) is 3. The quantitative estimate of drug-likeness (QED) is 0.794. The number of para-hydroxylation sites is 1. The second-order valence-electron chi connectivity index (χ2n) is 6.25. The molecule has 1 amide bonds. The maximum atomic E-state index is 14.3. The SMILES string of the molecule is O=C(Cc1cn2ccccc2n1)Nc1c(F)cccc1N1CCCC1. The molecule has 6 heteroatoms. The fourth-order valence-corrected chi connectivity index (χ4v) is 3.28. The number of rotatable bonds is 4. The molecule has 0 spiro atoms. The minimum Gasteiger partial charge on any atom is -0.370 e. The molecular formula is C19H19FN4O. The van der Waals surface area contributed by atoms with Crippen LogP contribution in [0, 0.1) is 5.82 Å². The van der Waals surface area contributed by atoms with Crippen molar-refractivity contribution in [3.63, 3.8) is 0 Å². The van der Waals surface area contributed by atoms with Crippen molar-refractivity contribution in [2.75, 3.05) is 23.3 Å². The Bertz CT molecular complexity index is 882. The van der Waals surface area contributed by atoms with Crippen LogP contribution in [0.4, 0.5) is 15.8 Å². The molecule has 1 N–H and O–H groups in total. The lowest BCUT2D eigenvalue weighted by Crippen LogP contribution is -2.22. The van der Waals surface area contributed by atoms with Gasteiger partial charge in [-0.1, -0.05) is 12.1 Å². The number of nitrogens with one attached hydrogen (secondary N) is 1. The molecule has 1 aliphatic rings. The highest BCUT2D eigenvalue weighted by molar-refractivity contribution is 5.95. The van der Waals surface area contributed by atoms with Gasteiger partial charge in [-0.25, -0.2) is 9.37 Å². The van der Waals surface area contributed by atoms with Crippen molar-refractivity contribution in [1.29, 1.82) is 0 Å². The maximum Gasteiger partial charge on any atom is 0.230 e. The molecule has 3 aromatic rings. The largest absolute Gasteiger partial charge is 0.370 e. The van der Waals surface area contributed by atoms with Gasteiger partial charge in [0.1, 0.15) is 17.2 Å². The number of hydrogen-bond donors (Lipinski definition) is 1. The van der Waals surface area contributed by atoms with E-state index in [2.05, 4.69) is 15.2 Å². The predicted octanol–water partition coefficient (Wildman–Crippen LogP) is 3.25. The van der Waals surface area contributed by atoms with Gasteiger partial charge in [-0.2, -0.15) is 0 Å². The Hall–Kier alpha value is -2.89. The van der Waals surface area contributed by atoms with Gasteiger partial charge in [0.25, 0.3) is 0 Å². The zero-order valence-electron chi connectivity index (χ0n) is 13.8. The van der Waals surface area contributed by atoms with Crippen molar-refractivity contribution in [3.8, 4) is 0 Å². The number of nitrogens with zero attached hydrogens (tertiary/aromatic N) is 3. The number of pyridine rings is 1. The first-order chi connectivity index (χ1) is 12.2. The van der Waals surface area contributed by atoms with E-state index in [0.717, 1.165) is 37.3 Å². The van der Waals surface area contributed by atoms with Gasteiger partial charge in [-0.15, -0.1) is 0 Å². The van der Waals surface area contributed by atoms with Gasteiger partial charge in [0.05, 0.1) is 17.8 Å². The fourth-order valence-electron chi connectivity index (χ4n) is 3.28. The minimum atomic E-state index is -0.409. The summed E-state index contributed by atoms with van der Waals surface area (Å²) in [5.74, 6) is -0.679. The first-order valence-corrected chi connectivity index (χ1v) is 8.46. The lowest BCUT2D eigenvalue weighted by atomic mass is 10.2. The van der Waals surface area contributed by atoms with Crippen LogP contribution in [0.25, 0.3) is 5.65 Å². The van der Waals surface area contributed by atoms with Crippen molar-refractivity contribution >= 4 is 22.9 Å². The Kier molecular flexibility index (Phi) is 4.09. The van der Waals surface area contributed by atoms with Crippen LogP contribution in [-0.2, 0) is 11.2 Å². The van der Waals surface area contributed by atoms with Crippen molar-refractivity contribution < 1.29 is 9.18 Å². The van der Waals surface area contributed by atoms with Crippen molar-refractivity contribution in [2.45, 2.75) is 19.3 Å². The van der Waals surface area contributed by atoms with Crippen LogP contribution < -0.4 is 10.2 Å². The molecule has 2 aromatic heterocycles. The number of benzene rings is 1. The van der Waals surface area contributed by atoms with Crippen LogP contribution in [0.15, 0.2) is 48.8 Å². The molecular weight excluding hydrogens is 319 g/mol. The van der Waals surface area contributed by atoms with Crippen LogP contribution in [0.5, 0.6) is 0 Å². The molecule has 0 atom stereocenters. The zero-order chi connectivity index (χ0) is 17.2. The van der Waals surface area contributed by atoms with Gasteiger partial charge in [0.2, 0.25) is 5.91 Å². The summed E-state index contributed by atoms with van der Waals surface area (Å²) < 4.78 is 16.2. The summed E-state index contributed by atoms with van der Waals surface area (Å²) in [6.45, 7) is 1.78. The van der Waals surface area contributed by atoms with E-state index >= 15 is 0 Å². The maximum absolute atomic E-state index is 14.3. The monoisotopic (exact) mass is 338 g/mol. The van der Waals surface area contributed by atoms with E-state index in [4.69, 9.17) is 0 Å². The highest BCUT2D eigenvalue weighted by atomic mass is 19.1. The van der Waals surface area contributed by atoms with Gasteiger partial charge in [0, 0.05) is 25.5 Å². The van der Waals surface area contributed by atoms with Crippen molar-refractivity contribution in [2.24, 2.45) is 0 Å². The van der Waals surface area contributed by atoms with Crippen LogP contribution in [0.3, 0.4) is 0 Å². The molecule has 1 saturated heterocycles. The van der Waals surface area contributed by atoms with Crippen LogP contribution in [0.2, 0.25) is 0 Å². The number of amides is 1. The third-order valence-electron chi connectivity index (χ3n) is 4.46.